The van der Waals surface area contributed by atoms with E-state index in [9.17, 15) is 14.7 Å². The summed E-state index contributed by atoms with van der Waals surface area (Å²) in [4.78, 5) is 25.4. The van der Waals surface area contributed by atoms with Gasteiger partial charge in [0.05, 0.1) is 5.75 Å². The summed E-state index contributed by atoms with van der Waals surface area (Å²) in [6.07, 6.45) is 1.96. The highest BCUT2D eigenvalue weighted by Crippen LogP contribution is 2.28. The Hall–Kier alpha value is -1.49. The number of fused-ring (bicyclic) bond motifs is 1. The minimum atomic E-state index is -0.846. The number of thioether (sulfide) groups is 1. The molecule has 1 aromatic rings. The SMILES string of the molecule is CC(C)C(SCC(=O)N1CCCc2ccccc21)C(=O)O. The van der Waals surface area contributed by atoms with E-state index in [0.29, 0.717) is 0 Å². The molecule has 0 fully saturated rings. The molecule has 5 heteroatoms. The van der Waals surface area contributed by atoms with E-state index < -0.39 is 11.2 Å². The average Bonchev–Trinajstić information content (AvgIpc) is 2.46. The number of amides is 1. The Morgan fingerprint density at radius 2 is 2.05 bits per heavy atom. The van der Waals surface area contributed by atoms with Crippen molar-refractivity contribution in [2.75, 3.05) is 17.2 Å². The van der Waals surface area contributed by atoms with E-state index in [2.05, 4.69) is 6.07 Å². The number of benzene rings is 1. The molecule has 1 N–H and O–H groups in total. The van der Waals surface area contributed by atoms with Crippen molar-refractivity contribution in [2.45, 2.75) is 31.9 Å². The molecule has 0 spiro atoms. The lowest BCUT2D eigenvalue weighted by Crippen LogP contribution is -2.37. The molecule has 0 saturated heterocycles. The number of carbonyl (C=O) groups is 2. The van der Waals surface area contributed by atoms with Gasteiger partial charge in [0, 0.05) is 12.2 Å². The Balaban J connectivity index is 2.03. The molecular formula is C16H21NO3S. The van der Waals surface area contributed by atoms with Gasteiger partial charge in [-0.1, -0.05) is 32.0 Å². The van der Waals surface area contributed by atoms with Crippen molar-refractivity contribution in [3.8, 4) is 0 Å². The fourth-order valence-corrected chi connectivity index (χ4v) is 3.59. The second kappa shape index (κ2) is 6.98. The van der Waals surface area contributed by atoms with Gasteiger partial charge in [0.2, 0.25) is 5.91 Å². The molecule has 114 valence electrons. The normalized spacial score (nSPS) is 15.7. The molecule has 1 amide bonds. The van der Waals surface area contributed by atoms with Gasteiger partial charge in [-0.2, -0.15) is 0 Å². The molecule has 0 aromatic heterocycles. The number of rotatable bonds is 5. The van der Waals surface area contributed by atoms with E-state index in [4.69, 9.17) is 0 Å². The highest BCUT2D eigenvalue weighted by molar-refractivity contribution is 8.01. The fourth-order valence-electron chi connectivity index (χ4n) is 2.58. The fraction of sp³-hybridized carbons (Fsp3) is 0.500. The molecule has 21 heavy (non-hydrogen) atoms. The Labute approximate surface area is 129 Å². The highest BCUT2D eigenvalue weighted by atomic mass is 32.2. The zero-order valence-electron chi connectivity index (χ0n) is 12.4. The lowest BCUT2D eigenvalue weighted by Gasteiger charge is -2.29. The number of hydrogen-bond donors (Lipinski definition) is 1. The highest BCUT2D eigenvalue weighted by Gasteiger charge is 2.26. The van der Waals surface area contributed by atoms with Crippen LogP contribution in [0.5, 0.6) is 0 Å². The molecular weight excluding hydrogens is 286 g/mol. The second-order valence-corrected chi connectivity index (χ2v) is 6.72. The summed E-state index contributed by atoms with van der Waals surface area (Å²) in [6, 6.07) is 7.94. The number of para-hydroxylation sites is 1. The summed E-state index contributed by atoms with van der Waals surface area (Å²) in [5.74, 6) is -0.626. The maximum absolute atomic E-state index is 12.4. The number of nitrogens with zero attached hydrogens (tertiary/aromatic N) is 1. The predicted octanol–water partition coefficient (Wildman–Crippen LogP) is 2.81. The molecule has 0 bridgehead atoms. The standard InChI is InChI=1S/C16H21NO3S/c1-11(2)15(16(19)20)21-10-14(18)17-9-5-7-12-6-3-4-8-13(12)17/h3-4,6,8,11,15H,5,7,9-10H2,1-2H3,(H,19,20). The van der Waals surface area contributed by atoms with Crippen molar-refractivity contribution in [1.29, 1.82) is 0 Å². The first-order valence-electron chi connectivity index (χ1n) is 7.23. The van der Waals surface area contributed by atoms with Crippen molar-refractivity contribution in [1.82, 2.24) is 0 Å². The van der Waals surface area contributed by atoms with Crippen molar-refractivity contribution in [3.05, 3.63) is 29.8 Å². The van der Waals surface area contributed by atoms with Crippen LogP contribution in [0.25, 0.3) is 0 Å². The van der Waals surface area contributed by atoms with Gasteiger partial charge in [-0.15, -0.1) is 11.8 Å². The molecule has 0 aliphatic carbocycles. The lowest BCUT2D eigenvalue weighted by molar-refractivity contribution is -0.137. The number of hydrogen-bond acceptors (Lipinski definition) is 3. The average molecular weight is 307 g/mol. The van der Waals surface area contributed by atoms with Crippen LogP contribution in [0.15, 0.2) is 24.3 Å². The summed E-state index contributed by atoms with van der Waals surface area (Å²) < 4.78 is 0. The third kappa shape index (κ3) is 3.79. The predicted molar refractivity (Wildman–Crippen MR) is 85.8 cm³/mol. The van der Waals surface area contributed by atoms with E-state index in [0.717, 1.165) is 25.1 Å². The maximum atomic E-state index is 12.4. The molecule has 1 heterocycles. The maximum Gasteiger partial charge on any atom is 0.316 e. The second-order valence-electron chi connectivity index (χ2n) is 5.59. The van der Waals surface area contributed by atoms with Gasteiger partial charge in [0.1, 0.15) is 5.25 Å². The van der Waals surface area contributed by atoms with Crippen LogP contribution in [-0.4, -0.2) is 34.5 Å². The van der Waals surface area contributed by atoms with E-state index >= 15 is 0 Å². The molecule has 0 radical (unpaired) electrons. The minimum absolute atomic E-state index is 0.000880. The molecule has 1 unspecified atom stereocenters. The zero-order valence-corrected chi connectivity index (χ0v) is 13.2. The van der Waals surface area contributed by atoms with Gasteiger partial charge in [-0.05, 0) is 30.4 Å². The lowest BCUT2D eigenvalue weighted by atomic mass is 10.0. The van der Waals surface area contributed by atoms with E-state index in [1.165, 1.54) is 17.3 Å². The number of aryl methyl sites for hydroxylation is 1. The first-order valence-corrected chi connectivity index (χ1v) is 8.28. The van der Waals surface area contributed by atoms with Crippen LogP contribution >= 0.6 is 11.8 Å². The third-order valence-electron chi connectivity index (χ3n) is 3.65. The number of carboxylic acids is 1. The first-order chi connectivity index (χ1) is 10.0. The smallest absolute Gasteiger partial charge is 0.316 e. The molecule has 1 aliphatic heterocycles. The zero-order chi connectivity index (χ0) is 15.4. The van der Waals surface area contributed by atoms with Crippen molar-refractivity contribution in [3.63, 3.8) is 0 Å². The van der Waals surface area contributed by atoms with Gasteiger partial charge in [0.25, 0.3) is 0 Å². The van der Waals surface area contributed by atoms with Crippen molar-refractivity contribution in [2.24, 2.45) is 5.92 Å². The Bertz CT molecular complexity index is 530. The monoisotopic (exact) mass is 307 g/mol. The van der Waals surface area contributed by atoms with Gasteiger partial charge in [-0.25, -0.2) is 0 Å². The van der Waals surface area contributed by atoms with Gasteiger partial charge in [-0.3, -0.25) is 9.59 Å². The van der Waals surface area contributed by atoms with Crippen LogP contribution in [-0.2, 0) is 16.0 Å². The number of carboxylic acid groups (broad SMARTS) is 1. The Morgan fingerprint density at radius 3 is 2.71 bits per heavy atom. The Morgan fingerprint density at radius 1 is 1.33 bits per heavy atom. The number of anilines is 1. The summed E-state index contributed by atoms with van der Waals surface area (Å²) >= 11 is 1.22. The van der Waals surface area contributed by atoms with Crippen LogP contribution in [0, 0.1) is 5.92 Å². The van der Waals surface area contributed by atoms with Gasteiger partial charge >= 0.3 is 5.97 Å². The molecule has 4 nitrogen and oxygen atoms in total. The summed E-state index contributed by atoms with van der Waals surface area (Å²) in [5, 5.41) is 8.65. The topological polar surface area (TPSA) is 57.6 Å². The minimum Gasteiger partial charge on any atom is -0.480 e. The third-order valence-corrected chi connectivity index (χ3v) is 5.17. The van der Waals surface area contributed by atoms with Crippen LogP contribution in [0.2, 0.25) is 0 Å². The largest absolute Gasteiger partial charge is 0.480 e. The van der Waals surface area contributed by atoms with Gasteiger partial charge in [0.15, 0.2) is 0 Å². The van der Waals surface area contributed by atoms with E-state index in [-0.39, 0.29) is 17.6 Å². The quantitative estimate of drug-likeness (QED) is 0.909. The molecule has 1 aliphatic rings. The van der Waals surface area contributed by atoms with Gasteiger partial charge < -0.3 is 10.0 Å². The molecule has 2 rings (SSSR count). The summed E-state index contributed by atoms with van der Waals surface area (Å²) in [6.45, 7) is 4.45. The summed E-state index contributed by atoms with van der Waals surface area (Å²) in [5.41, 5.74) is 2.17. The first kappa shape index (κ1) is 15.9. The van der Waals surface area contributed by atoms with Crippen molar-refractivity contribution >= 4 is 29.3 Å². The number of carbonyl (C=O) groups excluding carboxylic acids is 1. The van der Waals surface area contributed by atoms with E-state index in [1.54, 1.807) is 4.90 Å². The van der Waals surface area contributed by atoms with Crippen LogP contribution in [0.3, 0.4) is 0 Å². The Kier molecular flexibility index (Phi) is 5.28. The van der Waals surface area contributed by atoms with Crippen LogP contribution in [0.4, 0.5) is 5.69 Å². The summed E-state index contributed by atoms with van der Waals surface area (Å²) in [7, 11) is 0. The van der Waals surface area contributed by atoms with E-state index in [1.807, 2.05) is 32.0 Å². The van der Waals surface area contributed by atoms with Crippen molar-refractivity contribution < 1.29 is 14.7 Å². The molecule has 1 atom stereocenters. The molecule has 0 saturated carbocycles. The molecule has 1 aromatic carbocycles. The van der Waals surface area contributed by atoms with Crippen LogP contribution in [0.1, 0.15) is 25.8 Å². The van der Waals surface area contributed by atoms with Crippen LogP contribution < -0.4 is 4.90 Å². The number of aliphatic carboxylic acids is 1.